The van der Waals surface area contributed by atoms with Gasteiger partial charge >= 0.3 is 0 Å². The summed E-state index contributed by atoms with van der Waals surface area (Å²) in [5, 5.41) is 14.0. The van der Waals surface area contributed by atoms with Crippen molar-refractivity contribution in [3.05, 3.63) is 76.1 Å². The quantitative estimate of drug-likeness (QED) is 0.443. The minimum absolute atomic E-state index is 0.0369. The van der Waals surface area contributed by atoms with Crippen LogP contribution < -0.4 is 0 Å². The van der Waals surface area contributed by atoms with Gasteiger partial charge in [-0.25, -0.2) is 0 Å². The van der Waals surface area contributed by atoms with Crippen LogP contribution >= 0.6 is 24.2 Å². The Kier molecular flexibility index (Phi) is 6.34. The first-order valence-corrected chi connectivity index (χ1v) is 9.80. The summed E-state index contributed by atoms with van der Waals surface area (Å²) >= 11 is 10.6. The van der Waals surface area contributed by atoms with Crippen molar-refractivity contribution in [2.45, 2.75) is 38.3 Å². The van der Waals surface area contributed by atoms with Gasteiger partial charge in [-0.1, -0.05) is 74.8 Å². The summed E-state index contributed by atoms with van der Waals surface area (Å²) in [6.07, 6.45) is 2.78. The Hall–Kier alpha value is -2.11. The van der Waals surface area contributed by atoms with Crippen LogP contribution in [0.4, 0.5) is 0 Å². The van der Waals surface area contributed by atoms with Crippen LogP contribution in [-0.2, 0) is 6.42 Å². The summed E-state index contributed by atoms with van der Waals surface area (Å²) in [7, 11) is 0. The highest BCUT2D eigenvalue weighted by Crippen LogP contribution is 2.25. The lowest BCUT2D eigenvalue weighted by molar-refractivity contribution is 0.646. The molecule has 0 saturated heterocycles. The number of hydrogen-bond acceptors (Lipinski definition) is 4. The lowest BCUT2D eigenvalue weighted by Crippen LogP contribution is -2.06. The van der Waals surface area contributed by atoms with E-state index >= 15 is 0 Å². The zero-order chi connectivity index (χ0) is 19.4. The predicted molar refractivity (Wildman–Crippen MR) is 114 cm³/mol. The predicted octanol–water partition coefficient (Wildman–Crippen LogP) is 5.45. The van der Waals surface area contributed by atoms with Crippen molar-refractivity contribution >= 4 is 30.4 Å². The van der Waals surface area contributed by atoms with E-state index in [2.05, 4.69) is 73.0 Å². The normalized spacial score (nSPS) is 12.8. The van der Waals surface area contributed by atoms with Gasteiger partial charge < -0.3 is 0 Å². The molecule has 6 heteroatoms. The zero-order valence-corrected chi connectivity index (χ0v) is 17.3. The van der Waals surface area contributed by atoms with E-state index in [1.165, 1.54) is 5.56 Å². The van der Waals surface area contributed by atoms with Crippen molar-refractivity contribution in [2.75, 3.05) is 0 Å². The fourth-order valence-corrected chi connectivity index (χ4v) is 3.31. The van der Waals surface area contributed by atoms with Crippen molar-refractivity contribution in [2.24, 2.45) is 11.0 Å². The van der Waals surface area contributed by atoms with Gasteiger partial charge in [0.2, 0.25) is 5.16 Å². The lowest BCUT2D eigenvalue weighted by Gasteiger charge is -2.12. The molecule has 4 nitrogen and oxygen atoms in total. The summed E-state index contributed by atoms with van der Waals surface area (Å²) in [6.45, 7) is 6.55. The van der Waals surface area contributed by atoms with Gasteiger partial charge in [-0.15, -0.1) is 22.8 Å². The Labute approximate surface area is 170 Å². The van der Waals surface area contributed by atoms with Crippen LogP contribution in [0.1, 0.15) is 49.2 Å². The molecule has 140 valence electrons. The van der Waals surface area contributed by atoms with E-state index in [9.17, 15) is 0 Å². The number of rotatable bonds is 6. The van der Waals surface area contributed by atoms with Gasteiger partial charge in [0.25, 0.3) is 0 Å². The van der Waals surface area contributed by atoms with Crippen LogP contribution in [0.15, 0.2) is 58.8 Å². The van der Waals surface area contributed by atoms with E-state index in [1.807, 2.05) is 24.3 Å². The maximum absolute atomic E-state index is 6.20. The van der Waals surface area contributed by atoms with Crippen molar-refractivity contribution in [3.8, 4) is 0 Å². The second-order valence-electron chi connectivity index (χ2n) is 7.00. The molecule has 0 aliphatic heterocycles. The minimum Gasteiger partial charge on any atom is -0.191 e. The molecule has 0 aliphatic rings. The highest BCUT2D eigenvalue weighted by molar-refractivity contribution is 7.80. The van der Waals surface area contributed by atoms with E-state index in [-0.39, 0.29) is 5.92 Å². The maximum Gasteiger partial charge on any atom is 0.208 e. The molecule has 1 heterocycles. The Morgan fingerprint density at radius 3 is 2.44 bits per heavy atom. The summed E-state index contributed by atoms with van der Waals surface area (Å²) in [5.41, 5.74) is 3.34. The molecule has 0 saturated carbocycles. The molecule has 0 fully saturated rings. The number of thiol groups is 1. The number of halogens is 1. The van der Waals surface area contributed by atoms with E-state index in [0.717, 1.165) is 23.4 Å². The van der Waals surface area contributed by atoms with Crippen molar-refractivity contribution < 1.29 is 0 Å². The van der Waals surface area contributed by atoms with Gasteiger partial charge in [0, 0.05) is 16.5 Å². The van der Waals surface area contributed by atoms with Gasteiger partial charge in [-0.05, 0) is 29.5 Å². The molecule has 0 spiro atoms. The maximum atomic E-state index is 6.20. The van der Waals surface area contributed by atoms with E-state index in [4.69, 9.17) is 11.6 Å². The van der Waals surface area contributed by atoms with Crippen LogP contribution in [-0.4, -0.2) is 21.1 Å². The molecule has 0 bridgehead atoms. The van der Waals surface area contributed by atoms with Crippen LogP contribution in [0.25, 0.3) is 0 Å². The summed E-state index contributed by atoms with van der Waals surface area (Å²) in [5.74, 6) is 1.41. The second-order valence-corrected chi connectivity index (χ2v) is 7.80. The van der Waals surface area contributed by atoms with Crippen molar-refractivity contribution in [1.29, 1.82) is 0 Å². The zero-order valence-electron chi connectivity index (χ0n) is 15.7. The third-order valence-corrected chi connectivity index (χ3v) is 5.00. The second kappa shape index (κ2) is 8.72. The molecule has 1 atom stereocenters. The van der Waals surface area contributed by atoms with E-state index in [1.54, 1.807) is 10.9 Å². The monoisotopic (exact) mass is 398 g/mol. The third kappa shape index (κ3) is 4.79. The van der Waals surface area contributed by atoms with Crippen molar-refractivity contribution in [3.63, 3.8) is 0 Å². The SMILES string of the molecule is CC(C)Cc1ccc(C(C)c2nnc(S)n2/N=C/c2ccccc2Cl)cc1. The average Bonchev–Trinajstić information content (AvgIpc) is 3.01. The van der Waals surface area contributed by atoms with Crippen molar-refractivity contribution in [1.82, 2.24) is 14.9 Å². The summed E-state index contributed by atoms with van der Waals surface area (Å²) in [6, 6.07) is 16.2. The van der Waals surface area contributed by atoms with Gasteiger partial charge in [0.1, 0.15) is 0 Å². The Morgan fingerprint density at radius 2 is 1.78 bits per heavy atom. The van der Waals surface area contributed by atoms with Crippen LogP contribution in [0, 0.1) is 5.92 Å². The summed E-state index contributed by atoms with van der Waals surface area (Å²) in [4.78, 5) is 0. The fourth-order valence-electron chi connectivity index (χ4n) is 2.93. The first-order chi connectivity index (χ1) is 13.0. The van der Waals surface area contributed by atoms with Gasteiger partial charge in [0.15, 0.2) is 5.82 Å². The van der Waals surface area contributed by atoms with E-state index < -0.39 is 0 Å². The number of nitrogens with zero attached hydrogens (tertiary/aromatic N) is 4. The van der Waals surface area contributed by atoms with E-state index in [0.29, 0.717) is 16.1 Å². The highest BCUT2D eigenvalue weighted by atomic mass is 35.5. The smallest absolute Gasteiger partial charge is 0.191 e. The molecule has 1 aromatic heterocycles. The van der Waals surface area contributed by atoms with Crippen LogP contribution in [0.3, 0.4) is 0 Å². The molecule has 0 aliphatic carbocycles. The van der Waals surface area contributed by atoms with Crippen LogP contribution in [0.2, 0.25) is 5.02 Å². The Morgan fingerprint density at radius 1 is 1.07 bits per heavy atom. The first-order valence-electron chi connectivity index (χ1n) is 8.97. The molecule has 1 unspecified atom stereocenters. The largest absolute Gasteiger partial charge is 0.208 e. The number of benzene rings is 2. The molecule has 0 N–H and O–H groups in total. The Balaban J connectivity index is 1.86. The van der Waals surface area contributed by atoms with Gasteiger partial charge in [-0.2, -0.15) is 9.78 Å². The van der Waals surface area contributed by atoms with Gasteiger partial charge in [0.05, 0.1) is 6.21 Å². The number of aromatic nitrogens is 3. The Bertz CT molecular complexity index is 932. The lowest BCUT2D eigenvalue weighted by atomic mass is 9.96. The minimum atomic E-state index is 0.0369. The fraction of sp³-hybridized carbons (Fsp3) is 0.286. The molecule has 2 aromatic carbocycles. The molecule has 3 rings (SSSR count). The highest BCUT2D eigenvalue weighted by Gasteiger charge is 2.18. The van der Waals surface area contributed by atoms with Gasteiger partial charge in [-0.3, -0.25) is 0 Å². The number of hydrogen-bond donors (Lipinski definition) is 1. The van der Waals surface area contributed by atoms with Crippen LogP contribution in [0.5, 0.6) is 0 Å². The molecule has 27 heavy (non-hydrogen) atoms. The molecule has 3 aromatic rings. The molecule has 0 amide bonds. The first kappa shape index (κ1) is 19.6. The molecular weight excluding hydrogens is 376 g/mol. The molecule has 0 radical (unpaired) electrons. The average molecular weight is 399 g/mol. The summed E-state index contributed by atoms with van der Waals surface area (Å²) < 4.78 is 1.65. The third-order valence-electron chi connectivity index (χ3n) is 4.38. The standard InChI is InChI=1S/C21H23ClN4S/c1-14(2)12-16-8-10-17(11-9-16)15(3)20-24-25-21(27)26(20)23-13-18-6-4-5-7-19(18)22/h4-11,13-15H,12H2,1-3H3,(H,25,27)/b23-13+. The molecular formula is C21H23ClN4S. The topological polar surface area (TPSA) is 43.1 Å².